The molecule has 5 rings (SSSR count). The van der Waals surface area contributed by atoms with Crippen LogP contribution in [0.15, 0.2) is 18.0 Å². The first-order valence-electron chi connectivity index (χ1n) is 10.2. The molecule has 1 aliphatic heterocycles. The Morgan fingerprint density at radius 1 is 1.15 bits per heavy atom. The van der Waals surface area contributed by atoms with Crippen molar-refractivity contribution < 1.29 is 4.79 Å². The van der Waals surface area contributed by atoms with E-state index in [1.165, 1.54) is 37.7 Å². The molecule has 6 nitrogen and oxygen atoms in total. The second-order valence-corrected chi connectivity index (χ2v) is 9.47. The average molecular weight is 355 g/mol. The molecule has 1 N–H and O–H groups in total. The van der Waals surface area contributed by atoms with Crippen molar-refractivity contribution in [3.63, 3.8) is 0 Å². The van der Waals surface area contributed by atoms with Gasteiger partial charge in [-0.3, -0.25) is 4.79 Å². The highest BCUT2D eigenvalue weighted by Crippen LogP contribution is 2.66. The zero-order chi connectivity index (χ0) is 17.9. The molecule has 1 aromatic rings. The molecule has 0 spiro atoms. The van der Waals surface area contributed by atoms with E-state index in [-0.39, 0.29) is 11.3 Å². The molecule has 6 heteroatoms. The molecule has 26 heavy (non-hydrogen) atoms. The lowest BCUT2D eigenvalue weighted by molar-refractivity contribution is -0.116. The van der Waals surface area contributed by atoms with Crippen LogP contribution in [0.25, 0.3) is 0 Å². The van der Waals surface area contributed by atoms with Crippen LogP contribution < -0.4 is 5.32 Å². The lowest BCUT2D eigenvalue weighted by Gasteiger charge is -2.57. The molecule has 0 radical (unpaired) electrons. The minimum Gasteiger partial charge on any atom is -0.353 e. The number of carbonyl (C=O) groups is 1. The Morgan fingerprint density at radius 3 is 2.85 bits per heavy atom. The molecule has 2 heterocycles. The third-order valence-corrected chi connectivity index (χ3v) is 8.62. The van der Waals surface area contributed by atoms with Gasteiger partial charge < -0.3 is 5.32 Å². The summed E-state index contributed by atoms with van der Waals surface area (Å²) in [7, 11) is 0. The van der Waals surface area contributed by atoms with Crippen LogP contribution >= 0.6 is 0 Å². The number of aromatic nitrogens is 4. The summed E-state index contributed by atoms with van der Waals surface area (Å²) in [6.45, 7) is 5.74. The van der Waals surface area contributed by atoms with Crippen LogP contribution in [-0.4, -0.2) is 32.7 Å². The molecule has 3 saturated carbocycles. The SMILES string of the molecule is CC12CCNC(=O)C=C1CCC1C2CCC2(C)C1CCC2n1cnnn1. The molecule has 1 amide bonds. The normalized spacial score (nSPS) is 45.0. The van der Waals surface area contributed by atoms with Gasteiger partial charge in [0.25, 0.3) is 0 Å². The summed E-state index contributed by atoms with van der Waals surface area (Å²) in [5.74, 6) is 2.34. The van der Waals surface area contributed by atoms with E-state index in [4.69, 9.17) is 0 Å². The topological polar surface area (TPSA) is 72.7 Å². The summed E-state index contributed by atoms with van der Waals surface area (Å²) < 4.78 is 2.02. The van der Waals surface area contributed by atoms with Gasteiger partial charge in [0.05, 0.1) is 6.04 Å². The molecular weight excluding hydrogens is 326 g/mol. The molecule has 140 valence electrons. The molecule has 0 bridgehead atoms. The van der Waals surface area contributed by atoms with Gasteiger partial charge in [0, 0.05) is 12.6 Å². The van der Waals surface area contributed by atoms with Crippen molar-refractivity contribution in [3.05, 3.63) is 18.0 Å². The summed E-state index contributed by atoms with van der Waals surface area (Å²) in [5.41, 5.74) is 1.90. The first kappa shape index (κ1) is 16.5. The second kappa shape index (κ2) is 5.64. The van der Waals surface area contributed by atoms with Crippen molar-refractivity contribution in [2.24, 2.45) is 28.6 Å². The van der Waals surface area contributed by atoms with Gasteiger partial charge in [0.1, 0.15) is 6.33 Å². The Labute approximate surface area is 154 Å². The van der Waals surface area contributed by atoms with Gasteiger partial charge in [-0.1, -0.05) is 19.4 Å². The van der Waals surface area contributed by atoms with Crippen LogP contribution in [0.1, 0.15) is 64.8 Å². The number of hydrogen-bond acceptors (Lipinski definition) is 4. The van der Waals surface area contributed by atoms with Crippen molar-refractivity contribution in [2.45, 2.75) is 64.8 Å². The maximum Gasteiger partial charge on any atom is 0.243 e. The zero-order valence-electron chi connectivity index (χ0n) is 15.8. The van der Waals surface area contributed by atoms with Gasteiger partial charge in [-0.25, -0.2) is 4.68 Å². The summed E-state index contributed by atoms with van der Waals surface area (Å²) >= 11 is 0. The average Bonchev–Trinajstić information content (AvgIpc) is 3.20. The van der Waals surface area contributed by atoms with Gasteiger partial charge in [-0.05, 0) is 84.0 Å². The third-order valence-electron chi connectivity index (χ3n) is 8.62. The number of fused-ring (bicyclic) bond motifs is 5. The molecule has 6 atom stereocenters. The van der Waals surface area contributed by atoms with Crippen molar-refractivity contribution in [2.75, 3.05) is 6.54 Å². The van der Waals surface area contributed by atoms with Crippen molar-refractivity contribution in [3.8, 4) is 0 Å². The van der Waals surface area contributed by atoms with Crippen LogP contribution in [0.4, 0.5) is 0 Å². The second-order valence-electron chi connectivity index (χ2n) is 9.47. The van der Waals surface area contributed by atoms with E-state index in [9.17, 15) is 4.79 Å². The highest BCUT2D eigenvalue weighted by molar-refractivity contribution is 5.88. The fourth-order valence-electron chi connectivity index (χ4n) is 7.28. The molecule has 0 aromatic carbocycles. The van der Waals surface area contributed by atoms with E-state index >= 15 is 0 Å². The van der Waals surface area contributed by atoms with E-state index in [0.717, 1.165) is 31.2 Å². The third kappa shape index (κ3) is 2.16. The van der Waals surface area contributed by atoms with E-state index in [1.54, 1.807) is 6.33 Å². The summed E-state index contributed by atoms with van der Waals surface area (Å²) in [6.07, 6.45) is 12.1. The van der Waals surface area contributed by atoms with Crippen LogP contribution in [0.5, 0.6) is 0 Å². The van der Waals surface area contributed by atoms with Gasteiger partial charge in [-0.15, -0.1) is 5.10 Å². The zero-order valence-corrected chi connectivity index (χ0v) is 15.8. The number of rotatable bonds is 1. The fraction of sp³-hybridized carbons (Fsp3) is 0.800. The van der Waals surface area contributed by atoms with Gasteiger partial charge >= 0.3 is 0 Å². The number of hydrogen-bond donors (Lipinski definition) is 1. The molecule has 6 unspecified atom stereocenters. The fourth-order valence-corrected chi connectivity index (χ4v) is 7.28. The first-order chi connectivity index (χ1) is 12.5. The molecule has 0 saturated heterocycles. The quantitative estimate of drug-likeness (QED) is 0.841. The molecule has 3 aliphatic carbocycles. The Morgan fingerprint density at radius 2 is 2.04 bits per heavy atom. The predicted octanol–water partition coefficient (Wildman–Crippen LogP) is 2.90. The lowest BCUT2D eigenvalue weighted by Crippen LogP contribution is -2.50. The van der Waals surface area contributed by atoms with Crippen LogP contribution in [0.2, 0.25) is 0 Å². The number of nitrogens with zero attached hydrogens (tertiary/aromatic N) is 4. The minimum absolute atomic E-state index is 0.113. The standard InChI is InChI=1S/C20H29N5O/c1-19-9-10-21-18(26)11-13(19)3-4-14-15-5-6-17(25-12-22-23-24-25)20(15,2)8-7-16(14)19/h11-12,14-17H,3-10H2,1-2H3,(H,21,26). The monoisotopic (exact) mass is 355 g/mol. The summed E-state index contributed by atoms with van der Waals surface area (Å²) in [4.78, 5) is 12.0. The van der Waals surface area contributed by atoms with E-state index in [1.807, 2.05) is 10.8 Å². The highest BCUT2D eigenvalue weighted by atomic mass is 16.1. The van der Waals surface area contributed by atoms with Gasteiger partial charge in [-0.2, -0.15) is 0 Å². The van der Waals surface area contributed by atoms with E-state index in [0.29, 0.717) is 17.4 Å². The smallest absolute Gasteiger partial charge is 0.243 e. The van der Waals surface area contributed by atoms with Crippen molar-refractivity contribution in [1.29, 1.82) is 0 Å². The summed E-state index contributed by atoms with van der Waals surface area (Å²) in [5, 5.41) is 15.1. The van der Waals surface area contributed by atoms with Crippen molar-refractivity contribution >= 4 is 5.91 Å². The maximum absolute atomic E-state index is 12.0. The number of tetrazole rings is 1. The lowest BCUT2D eigenvalue weighted by atomic mass is 9.48. The number of amides is 1. The van der Waals surface area contributed by atoms with Gasteiger partial charge in [0.2, 0.25) is 5.91 Å². The van der Waals surface area contributed by atoms with Crippen LogP contribution in [0.3, 0.4) is 0 Å². The number of allylic oxidation sites excluding steroid dienone is 1. The first-order valence-corrected chi connectivity index (χ1v) is 10.2. The highest BCUT2D eigenvalue weighted by Gasteiger charge is 2.59. The Kier molecular flexibility index (Phi) is 3.57. The molecule has 3 fully saturated rings. The molecular formula is C20H29N5O. The number of carbonyl (C=O) groups excluding carboxylic acids is 1. The number of nitrogens with one attached hydrogen (secondary N) is 1. The predicted molar refractivity (Wildman–Crippen MR) is 96.9 cm³/mol. The molecule has 4 aliphatic rings. The Hall–Kier alpha value is -1.72. The van der Waals surface area contributed by atoms with Crippen molar-refractivity contribution in [1.82, 2.24) is 25.5 Å². The van der Waals surface area contributed by atoms with E-state index in [2.05, 4.69) is 34.7 Å². The summed E-state index contributed by atoms with van der Waals surface area (Å²) in [6, 6.07) is 0.436. The maximum atomic E-state index is 12.0. The van der Waals surface area contributed by atoms with Crippen LogP contribution in [-0.2, 0) is 4.79 Å². The van der Waals surface area contributed by atoms with E-state index < -0.39 is 0 Å². The van der Waals surface area contributed by atoms with Crippen LogP contribution in [0, 0.1) is 28.6 Å². The Balaban J connectivity index is 1.48. The molecule has 1 aromatic heterocycles. The Bertz CT molecular complexity index is 743. The van der Waals surface area contributed by atoms with Gasteiger partial charge in [0.15, 0.2) is 0 Å². The largest absolute Gasteiger partial charge is 0.353 e. The minimum atomic E-state index is 0.113.